The lowest BCUT2D eigenvalue weighted by Gasteiger charge is -2.18. The van der Waals surface area contributed by atoms with Crippen LogP contribution in [0.2, 0.25) is 5.02 Å². The molecule has 1 atom stereocenters. The highest BCUT2D eigenvalue weighted by molar-refractivity contribution is 6.30. The molecular weight excluding hydrogens is 255 g/mol. The SMILES string of the molecule is CC[C@H](NCCC(=O)NC)c1cccc(Cl)c1F. The van der Waals surface area contributed by atoms with E-state index in [0.717, 1.165) is 6.42 Å². The number of halogens is 2. The maximum absolute atomic E-state index is 13.8. The molecular formula is C13H18ClFN2O. The van der Waals surface area contributed by atoms with Crippen LogP contribution >= 0.6 is 11.6 Å². The minimum absolute atomic E-state index is 0.0380. The average molecular weight is 273 g/mol. The number of hydrogen-bond donors (Lipinski definition) is 2. The smallest absolute Gasteiger partial charge is 0.221 e. The van der Waals surface area contributed by atoms with Crippen molar-refractivity contribution >= 4 is 17.5 Å². The Morgan fingerprint density at radius 1 is 1.50 bits per heavy atom. The van der Waals surface area contributed by atoms with Crippen molar-refractivity contribution in [2.45, 2.75) is 25.8 Å². The molecule has 0 aromatic heterocycles. The highest BCUT2D eigenvalue weighted by Gasteiger charge is 2.15. The van der Waals surface area contributed by atoms with Gasteiger partial charge < -0.3 is 10.6 Å². The summed E-state index contributed by atoms with van der Waals surface area (Å²) in [6.45, 7) is 2.46. The van der Waals surface area contributed by atoms with Crippen LogP contribution in [0.25, 0.3) is 0 Å². The van der Waals surface area contributed by atoms with E-state index < -0.39 is 5.82 Å². The van der Waals surface area contributed by atoms with Gasteiger partial charge in [0.2, 0.25) is 5.91 Å². The number of rotatable bonds is 6. The molecule has 1 rings (SSSR count). The number of nitrogens with one attached hydrogen (secondary N) is 2. The molecule has 1 aromatic rings. The summed E-state index contributed by atoms with van der Waals surface area (Å²) >= 11 is 5.75. The lowest BCUT2D eigenvalue weighted by molar-refractivity contribution is -0.120. The summed E-state index contributed by atoms with van der Waals surface area (Å²) in [5, 5.41) is 5.83. The lowest BCUT2D eigenvalue weighted by Crippen LogP contribution is -2.28. The summed E-state index contributed by atoms with van der Waals surface area (Å²) in [5.41, 5.74) is 0.543. The summed E-state index contributed by atoms with van der Waals surface area (Å²) in [7, 11) is 1.59. The van der Waals surface area contributed by atoms with E-state index in [1.807, 2.05) is 6.92 Å². The third-order valence-corrected chi connectivity index (χ3v) is 3.08. The molecule has 18 heavy (non-hydrogen) atoms. The number of carbonyl (C=O) groups excluding carboxylic acids is 1. The van der Waals surface area contributed by atoms with Gasteiger partial charge in [0, 0.05) is 31.6 Å². The Hall–Kier alpha value is -1.13. The molecule has 1 aromatic carbocycles. The van der Waals surface area contributed by atoms with Crippen molar-refractivity contribution < 1.29 is 9.18 Å². The maximum Gasteiger partial charge on any atom is 0.221 e. The summed E-state index contributed by atoms with van der Waals surface area (Å²) in [5.74, 6) is -0.428. The van der Waals surface area contributed by atoms with Gasteiger partial charge in [-0.25, -0.2) is 4.39 Å². The van der Waals surface area contributed by atoms with Crippen molar-refractivity contribution in [3.63, 3.8) is 0 Å². The minimum atomic E-state index is -0.390. The number of hydrogen-bond acceptors (Lipinski definition) is 2. The third-order valence-electron chi connectivity index (χ3n) is 2.79. The molecule has 0 spiro atoms. The predicted molar refractivity (Wildman–Crippen MR) is 71.1 cm³/mol. The highest BCUT2D eigenvalue weighted by Crippen LogP contribution is 2.25. The first-order chi connectivity index (χ1) is 8.60. The summed E-state index contributed by atoms with van der Waals surface area (Å²) < 4.78 is 13.8. The average Bonchev–Trinajstić information content (AvgIpc) is 2.38. The first kappa shape index (κ1) is 14.9. The summed E-state index contributed by atoms with van der Waals surface area (Å²) in [4.78, 5) is 11.1. The normalized spacial score (nSPS) is 12.2. The third kappa shape index (κ3) is 3.96. The molecule has 3 nitrogen and oxygen atoms in total. The molecule has 0 saturated heterocycles. The molecule has 0 bridgehead atoms. The van der Waals surface area contributed by atoms with E-state index in [2.05, 4.69) is 10.6 Å². The number of benzene rings is 1. The van der Waals surface area contributed by atoms with E-state index in [0.29, 0.717) is 18.5 Å². The largest absolute Gasteiger partial charge is 0.359 e. The van der Waals surface area contributed by atoms with E-state index in [9.17, 15) is 9.18 Å². The molecule has 0 aliphatic carbocycles. The van der Waals surface area contributed by atoms with Gasteiger partial charge in [-0.3, -0.25) is 4.79 Å². The first-order valence-electron chi connectivity index (χ1n) is 5.98. The highest BCUT2D eigenvalue weighted by atomic mass is 35.5. The molecule has 1 amide bonds. The zero-order valence-corrected chi connectivity index (χ0v) is 11.4. The van der Waals surface area contributed by atoms with Crippen molar-refractivity contribution in [1.29, 1.82) is 0 Å². The van der Waals surface area contributed by atoms with Gasteiger partial charge in [0.25, 0.3) is 0 Å². The molecule has 2 N–H and O–H groups in total. The van der Waals surface area contributed by atoms with Crippen molar-refractivity contribution in [3.05, 3.63) is 34.6 Å². The van der Waals surface area contributed by atoms with Crippen LogP contribution in [-0.2, 0) is 4.79 Å². The topological polar surface area (TPSA) is 41.1 Å². The Kier molecular flexibility index (Phi) is 6.09. The Morgan fingerprint density at radius 3 is 2.83 bits per heavy atom. The molecule has 0 aliphatic rings. The van der Waals surface area contributed by atoms with Crippen LogP contribution in [0.15, 0.2) is 18.2 Å². The van der Waals surface area contributed by atoms with Crippen LogP contribution < -0.4 is 10.6 Å². The fourth-order valence-electron chi connectivity index (χ4n) is 1.75. The maximum atomic E-state index is 13.8. The predicted octanol–water partition coefficient (Wildman–Crippen LogP) is 2.66. The summed E-state index contributed by atoms with van der Waals surface area (Å²) in [6.07, 6.45) is 1.10. The molecule has 0 radical (unpaired) electrons. The van der Waals surface area contributed by atoms with Gasteiger partial charge in [0.15, 0.2) is 0 Å². The van der Waals surface area contributed by atoms with E-state index in [1.165, 1.54) is 6.07 Å². The van der Waals surface area contributed by atoms with Gasteiger partial charge in [0.05, 0.1) is 5.02 Å². The molecule has 0 unspecified atom stereocenters. The second-order valence-electron chi connectivity index (χ2n) is 3.98. The van der Waals surface area contributed by atoms with Crippen LogP contribution in [0.5, 0.6) is 0 Å². The minimum Gasteiger partial charge on any atom is -0.359 e. The Labute approximate surface area is 112 Å². The van der Waals surface area contributed by atoms with Gasteiger partial charge in [-0.15, -0.1) is 0 Å². The van der Waals surface area contributed by atoms with E-state index in [1.54, 1.807) is 19.2 Å². The second-order valence-corrected chi connectivity index (χ2v) is 4.39. The fourth-order valence-corrected chi connectivity index (χ4v) is 1.93. The van der Waals surface area contributed by atoms with Gasteiger partial charge in [-0.1, -0.05) is 30.7 Å². The standard InChI is InChI=1S/C13H18ClFN2O/c1-3-11(17-8-7-12(18)16-2)9-5-4-6-10(14)13(9)15/h4-6,11,17H,3,7-8H2,1-2H3,(H,16,18)/t11-/m0/s1. The van der Waals surface area contributed by atoms with Gasteiger partial charge >= 0.3 is 0 Å². The van der Waals surface area contributed by atoms with Crippen LogP contribution in [0.3, 0.4) is 0 Å². The van der Waals surface area contributed by atoms with Crippen LogP contribution in [-0.4, -0.2) is 19.5 Å². The van der Waals surface area contributed by atoms with Crippen molar-refractivity contribution in [1.82, 2.24) is 10.6 Å². The Morgan fingerprint density at radius 2 is 2.22 bits per heavy atom. The zero-order chi connectivity index (χ0) is 13.5. The Balaban J connectivity index is 2.66. The number of carbonyl (C=O) groups is 1. The van der Waals surface area contributed by atoms with Crippen molar-refractivity contribution in [3.8, 4) is 0 Å². The van der Waals surface area contributed by atoms with Gasteiger partial charge in [0.1, 0.15) is 5.82 Å². The zero-order valence-electron chi connectivity index (χ0n) is 10.6. The van der Waals surface area contributed by atoms with E-state index >= 15 is 0 Å². The van der Waals surface area contributed by atoms with E-state index in [-0.39, 0.29) is 17.0 Å². The van der Waals surface area contributed by atoms with Crippen molar-refractivity contribution in [2.24, 2.45) is 0 Å². The second kappa shape index (κ2) is 7.34. The van der Waals surface area contributed by atoms with E-state index in [4.69, 9.17) is 11.6 Å². The molecule has 0 fully saturated rings. The quantitative estimate of drug-likeness (QED) is 0.836. The fraction of sp³-hybridized carbons (Fsp3) is 0.462. The monoisotopic (exact) mass is 272 g/mol. The summed E-state index contributed by atoms with van der Waals surface area (Å²) in [6, 6.07) is 4.83. The van der Waals surface area contributed by atoms with Crippen molar-refractivity contribution in [2.75, 3.05) is 13.6 Å². The van der Waals surface area contributed by atoms with Gasteiger partial charge in [-0.2, -0.15) is 0 Å². The van der Waals surface area contributed by atoms with Crippen LogP contribution in [0.1, 0.15) is 31.4 Å². The van der Waals surface area contributed by atoms with Gasteiger partial charge in [-0.05, 0) is 12.5 Å². The molecule has 0 heterocycles. The Bertz CT molecular complexity index is 412. The lowest BCUT2D eigenvalue weighted by atomic mass is 10.0. The molecule has 0 saturated carbocycles. The van der Waals surface area contributed by atoms with Crippen LogP contribution in [0.4, 0.5) is 4.39 Å². The number of amides is 1. The van der Waals surface area contributed by atoms with Crippen LogP contribution in [0, 0.1) is 5.82 Å². The first-order valence-corrected chi connectivity index (χ1v) is 6.35. The molecule has 0 aliphatic heterocycles. The molecule has 5 heteroatoms. The molecule has 100 valence electrons.